The molecule has 1 aromatic carbocycles. The zero-order chi connectivity index (χ0) is 15.4. The predicted molar refractivity (Wildman–Crippen MR) is 88.5 cm³/mol. The number of carbonyl (C=O) groups excluding carboxylic acids is 1. The second-order valence-electron chi connectivity index (χ2n) is 6.72. The van der Waals surface area contributed by atoms with Crippen LogP contribution < -0.4 is 10.6 Å². The molecule has 4 heteroatoms. The van der Waals surface area contributed by atoms with Crippen molar-refractivity contribution in [2.24, 2.45) is 5.92 Å². The van der Waals surface area contributed by atoms with Crippen LogP contribution in [0.25, 0.3) is 0 Å². The summed E-state index contributed by atoms with van der Waals surface area (Å²) in [6, 6.07) is 11.5. The second-order valence-corrected chi connectivity index (χ2v) is 6.72. The number of carbonyl (C=O) groups is 1. The highest BCUT2D eigenvalue weighted by Gasteiger charge is 2.29. The van der Waals surface area contributed by atoms with Gasteiger partial charge in [0.25, 0.3) is 0 Å². The van der Waals surface area contributed by atoms with Crippen LogP contribution in [-0.4, -0.2) is 42.5 Å². The normalized spacial score (nSPS) is 29.4. The van der Waals surface area contributed by atoms with Gasteiger partial charge in [-0.1, -0.05) is 30.3 Å². The van der Waals surface area contributed by atoms with Crippen molar-refractivity contribution in [2.75, 3.05) is 19.6 Å². The molecule has 4 nitrogen and oxygen atoms in total. The fraction of sp³-hybridized carbons (Fsp3) is 0.611. The molecule has 0 radical (unpaired) electrons. The Morgan fingerprint density at radius 3 is 2.82 bits per heavy atom. The molecule has 22 heavy (non-hydrogen) atoms. The molecule has 0 aromatic heterocycles. The van der Waals surface area contributed by atoms with E-state index < -0.39 is 0 Å². The number of hydrogen-bond donors (Lipinski definition) is 2. The minimum atomic E-state index is 0.178. The number of rotatable bonds is 4. The molecule has 3 unspecified atom stereocenters. The molecule has 2 aliphatic heterocycles. The van der Waals surface area contributed by atoms with E-state index in [0.717, 1.165) is 45.4 Å². The van der Waals surface area contributed by atoms with Gasteiger partial charge >= 0.3 is 0 Å². The van der Waals surface area contributed by atoms with Crippen molar-refractivity contribution >= 4 is 5.91 Å². The topological polar surface area (TPSA) is 44.4 Å². The van der Waals surface area contributed by atoms with E-state index in [1.165, 1.54) is 5.56 Å². The minimum Gasteiger partial charge on any atom is -0.353 e. The molecule has 3 rings (SSSR count). The standard InChI is InChI=1S/C18H27N3O/c1-14-11-17(20-18(22)16-7-9-19-12-16)8-10-21(14)13-15-5-3-2-4-6-15/h2-6,14,16-17,19H,7-13H2,1H3,(H,20,22). The highest BCUT2D eigenvalue weighted by atomic mass is 16.2. The predicted octanol–water partition coefficient (Wildman–Crippen LogP) is 1.77. The fourth-order valence-electron chi connectivity index (χ4n) is 3.60. The molecule has 2 aliphatic rings. The maximum Gasteiger partial charge on any atom is 0.224 e. The van der Waals surface area contributed by atoms with Crippen LogP contribution in [0, 0.1) is 5.92 Å². The summed E-state index contributed by atoms with van der Waals surface area (Å²) in [5, 5.41) is 6.53. The van der Waals surface area contributed by atoms with Crippen LogP contribution >= 0.6 is 0 Å². The summed E-state index contributed by atoms with van der Waals surface area (Å²) in [6.45, 7) is 6.16. The van der Waals surface area contributed by atoms with Crippen LogP contribution in [0.1, 0.15) is 31.7 Å². The third kappa shape index (κ3) is 3.87. The van der Waals surface area contributed by atoms with Gasteiger partial charge in [0.1, 0.15) is 0 Å². The van der Waals surface area contributed by atoms with E-state index in [0.29, 0.717) is 12.1 Å². The van der Waals surface area contributed by atoms with E-state index >= 15 is 0 Å². The van der Waals surface area contributed by atoms with Crippen molar-refractivity contribution in [1.29, 1.82) is 0 Å². The maximum absolute atomic E-state index is 12.2. The molecule has 1 aromatic rings. The quantitative estimate of drug-likeness (QED) is 0.891. The maximum atomic E-state index is 12.2. The monoisotopic (exact) mass is 301 g/mol. The molecule has 2 N–H and O–H groups in total. The van der Waals surface area contributed by atoms with Gasteiger partial charge in [0.05, 0.1) is 5.92 Å². The Morgan fingerprint density at radius 1 is 1.32 bits per heavy atom. The summed E-state index contributed by atoms with van der Waals surface area (Å²) in [7, 11) is 0. The first-order valence-corrected chi connectivity index (χ1v) is 8.51. The van der Waals surface area contributed by atoms with Gasteiger partial charge in [0.2, 0.25) is 5.91 Å². The molecule has 0 saturated carbocycles. The molecule has 120 valence electrons. The molecule has 2 saturated heterocycles. The van der Waals surface area contributed by atoms with Crippen molar-refractivity contribution in [3.05, 3.63) is 35.9 Å². The molecular weight excluding hydrogens is 274 g/mol. The Labute approximate surface area is 133 Å². The Hall–Kier alpha value is -1.39. The first kappa shape index (κ1) is 15.5. The lowest BCUT2D eigenvalue weighted by Crippen LogP contribution is -2.49. The Balaban J connectivity index is 1.48. The van der Waals surface area contributed by atoms with Crippen molar-refractivity contribution in [1.82, 2.24) is 15.5 Å². The largest absolute Gasteiger partial charge is 0.353 e. The lowest BCUT2D eigenvalue weighted by Gasteiger charge is -2.38. The fourth-order valence-corrected chi connectivity index (χ4v) is 3.60. The number of amides is 1. The summed E-state index contributed by atoms with van der Waals surface area (Å²) in [4.78, 5) is 14.8. The number of nitrogens with zero attached hydrogens (tertiary/aromatic N) is 1. The first-order chi connectivity index (χ1) is 10.7. The summed E-state index contributed by atoms with van der Waals surface area (Å²) < 4.78 is 0. The second kappa shape index (κ2) is 7.25. The van der Waals surface area contributed by atoms with Crippen LogP contribution in [0.2, 0.25) is 0 Å². The third-order valence-corrected chi connectivity index (χ3v) is 5.02. The summed E-state index contributed by atoms with van der Waals surface area (Å²) >= 11 is 0. The zero-order valence-electron chi connectivity index (χ0n) is 13.4. The van der Waals surface area contributed by atoms with Gasteiger partial charge in [0, 0.05) is 31.7 Å². The van der Waals surface area contributed by atoms with E-state index in [1.54, 1.807) is 0 Å². The number of nitrogens with one attached hydrogen (secondary N) is 2. The van der Waals surface area contributed by atoms with E-state index in [9.17, 15) is 4.79 Å². The first-order valence-electron chi connectivity index (χ1n) is 8.51. The van der Waals surface area contributed by atoms with Gasteiger partial charge in [-0.3, -0.25) is 9.69 Å². The number of hydrogen-bond acceptors (Lipinski definition) is 3. The SMILES string of the molecule is CC1CC(NC(=O)C2CCNC2)CCN1Cc1ccccc1. The molecule has 0 bridgehead atoms. The molecule has 2 fully saturated rings. The van der Waals surface area contributed by atoms with Crippen LogP contribution in [0.3, 0.4) is 0 Å². The number of likely N-dealkylation sites (tertiary alicyclic amines) is 1. The molecule has 0 aliphatic carbocycles. The highest BCUT2D eigenvalue weighted by molar-refractivity contribution is 5.79. The van der Waals surface area contributed by atoms with Gasteiger partial charge in [-0.05, 0) is 38.3 Å². The van der Waals surface area contributed by atoms with Crippen LogP contribution in [0.5, 0.6) is 0 Å². The van der Waals surface area contributed by atoms with Crippen molar-refractivity contribution < 1.29 is 4.79 Å². The summed E-state index contributed by atoms with van der Waals surface area (Å²) in [5.41, 5.74) is 1.37. The van der Waals surface area contributed by atoms with E-state index in [2.05, 4.69) is 52.8 Å². The van der Waals surface area contributed by atoms with E-state index in [1.807, 2.05) is 0 Å². The van der Waals surface area contributed by atoms with Gasteiger partial charge in [-0.25, -0.2) is 0 Å². The van der Waals surface area contributed by atoms with Gasteiger partial charge < -0.3 is 10.6 Å². The zero-order valence-corrected chi connectivity index (χ0v) is 13.4. The lowest BCUT2D eigenvalue weighted by atomic mass is 9.96. The highest BCUT2D eigenvalue weighted by Crippen LogP contribution is 2.20. The van der Waals surface area contributed by atoms with E-state index in [-0.39, 0.29) is 11.8 Å². The third-order valence-electron chi connectivity index (χ3n) is 5.02. The molecule has 2 heterocycles. The van der Waals surface area contributed by atoms with Crippen LogP contribution in [0.15, 0.2) is 30.3 Å². The summed E-state index contributed by atoms with van der Waals surface area (Å²) in [6.07, 6.45) is 3.09. The van der Waals surface area contributed by atoms with E-state index in [4.69, 9.17) is 0 Å². The van der Waals surface area contributed by atoms with Gasteiger partial charge in [0.15, 0.2) is 0 Å². The molecular formula is C18H27N3O. The summed E-state index contributed by atoms with van der Waals surface area (Å²) in [5.74, 6) is 0.427. The average molecular weight is 301 g/mol. The number of benzene rings is 1. The molecule has 3 atom stereocenters. The molecule has 0 spiro atoms. The minimum absolute atomic E-state index is 0.178. The Kier molecular flexibility index (Phi) is 5.11. The van der Waals surface area contributed by atoms with Crippen LogP contribution in [-0.2, 0) is 11.3 Å². The smallest absolute Gasteiger partial charge is 0.224 e. The molecule has 1 amide bonds. The van der Waals surface area contributed by atoms with Crippen molar-refractivity contribution in [2.45, 2.75) is 44.8 Å². The van der Waals surface area contributed by atoms with Crippen molar-refractivity contribution in [3.63, 3.8) is 0 Å². The van der Waals surface area contributed by atoms with Crippen LogP contribution in [0.4, 0.5) is 0 Å². The number of piperidine rings is 1. The Bertz CT molecular complexity index is 484. The van der Waals surface area contributed by atoms with Gasteiger partial charge in [-0.15, -0.1) is 0 Å². The van der Waals surface area contributed by atoms with Gasteiger partial charge in [-0.2, -0.15) is 0 Å². The lowest BCUT2D eigenvalue weighted by molar-refractivity contribution is -0.125. The average Bonchev–Trinajstić information content (AvgIpc) is 3.05. The Morgan fingerprint density at radius 2 is 2.14 bits per heavy atom. The van der Waals surface area contributed by atoms with Crippen molar-refractivity contribution in [3.8, 4) is 0 Å².